The highest BCUT2D eigenvalue weighted by Gasteiger charge is 2.16. The number of ether oxygens (including phenoxy) is 1. The molecule has 0 bridgehead atoms. The van der Waals surface area contributed by atoms with E-state index in [4.69, 9.17) is 4.74 Å². The molecule has 1 amide bonds. The van der Waals surface area contributed by atoms with Crippen molar-refractivity contribution in [3.05, 3.63) is 48.0 Å². The zero-order valence-corrected chi connectivity index (χ0v) is 14.0. The molecule has 6 heteroatoms. The number of nitrogens with one attached hydrogen (secondary N) is 2. The number of carbonyl (C=O) groups excluding carboxylic acids is 1. The maximum atomic E-state index is 11.8. The lowest BCUT2D eigenvalue weighted by molar-refractivity contribution is 0.0636. The van der Waals surface area contributed by atoms with E-state index >= 15 is 0 Å². The second-order valence-electron chi connectivity index (χ2n) is 6.35. The van der Waals surface area contributed by atoms with Gasteiger partial charge in [-0.1, -0.05) is 18.2 Å². The third kappa shape index (κ3) is 5.08. The Bertz CT molecular complexity index is 723. The highest BCUT2D eigenvalue weighted by atomic mass is 16.6. The van der Waals surface area contributed by atoms with Crippen molar-refractivity contribution in [1.82, 2.24) is 0 Å². The van der Waals surface area contributed by atoms with Gasteiger partial charge in [0.05, 0.1) is 0 Å². The number of aromatic hydroxyl groups is 2. The van der Waals surface area contributed by atoms with Crippen molar-refractivity contribution in [2.45, 2.75) is 32.9 Å². The van der Waals surface area contributed by atoms with Gasteiger partial charge in [-0.15, -0.1) is 0 Å². The first-order chi connectivity index (χ1) is 11.2. The van der Waals surface area contributed by atoms with Crippen LogP contribution in [0, 0.1) is 0 Å². The van der Waals surface area contributed by atoms with Crippen LogP contribution in [-0.2, 0) is 11.3 Å². The lowest BCUT2D eigenvalue weighted by atomic mass is 10.2. The monoisotopic (exact) mass is 330 g/mol. The second-order valence-corrected chi connectivity index (χ2v) is 6.35. The quantitative estimate of drug-likeness (QED) is 0.635. The molecular formula is C18H22N2O4. The predicted octanol–water partition coefficient (Wildman–Crippen LogP) is 4.06. The van der Waals surface area contributed by atoms with Crippen LogP contribution in [0.4, 0.5) is 16.2 Å². The number of phenolic OH excluding ortho intramolecular Hbond substituents is 2. The van der Waals surface area contributed by atoms with E-state index in [-0.39, 0.29) is 11.5 Å². The number of amides is 1. The van der Waals surface area contributed by atoms with E-state index in [9.17, 15) is 15.0 Å². The maximum Gasteiger partial charge on any atom is 0.412 e. The molecule has 128 valence electrons. The van der Waals surface area contributed by atoms with Crippen molar-refractivity contribution in [3.8, 4) is 11.5 Å². The molecule has 24 heavy (non-hydrogen) atoms. The van der Waals surface area contributed by atoms with Crippen LogP contribution < -0.4 is 10.6 Å². The molecule has 6 nitrogen and oxygen atoms in total. The molecule has 0 aromatic heterocycles. The number of para-hydroxylation sites is 1. The Hall–Kier alpha value is -2.89. The molecule has 0 saturated carbocycles. The summed E-state index contributed by atoms with van der Waals surface area (Å²) in [5, 5.41) is 25.1. The SMILES string of the molecule is CC(C)(C)OC(=O)Nc1cccc(NCc2cccc(O)c2O)c1. The van der Waals surface area contributed by atoms with E-state index < -0.39 is 11.7 Å². The first-order valence-corrected chi connectivity index (χ1v) is 7.58. The second kappa shape index (κ2) is 7.12. The number of anilines is 2. The molecule has 0 aliphatic carbocycles. The lowest BCUT2D eigenvalue weighted by Gasteiger charge is -2.19. The zero-order chi connectivity index (χ0) is 17.7. The zero-order valence-electron chi connectivity index (χ0n) is 14.0. The van der Waals surface area contributed by atoms with E-state index in [1.54, 1.807) is 51.1 Å². The minimum atomic E-state index is -0.563. The number of hydrogen-bond donors (Lipinski definition) is 4. The number of phenols is 2. The first kappa shape index (κ1) is 17.5. The number of benzene rings is 2. The molecule has 2 aromatic rings. The molecule has 0 radical (unpaired) electrons. The van der Waals surface area contributed by atoms with Crippen LogP contribution in [-0.4, -0.2) is 21.9 Å². The summed E-state index contributed by atoms with van der Waals surface area (Å²) in [7, 11) is 0. The summed E-state index contributed by atoms with van der Waals surface area (Å²) in [5.74, 6) is -0.303. The summed E-state index contributed by atoms with van der Waals surface area (Å²) in [6, 6.07) is 11.9. The number of rotatable bonds is 4. The fraction of sp³-hybridized carbons (Fsp3) is 0.278. The molecule has 0 aliphatic heterocycles. The molecule has 2 aromatic carbocycles. The summed E-state index contributed by atoms with van der Waals surface area (Å²) in [6.07, 6.45) is -0.523. The van der Waals surface area contributed by atoms with Crippen LogP contribution >= 0.6 is 0 Å². The Morgan fingerprint density at radius 2 is 1.75 bits per heavy atom. The molecule has 4 N–H and O–H groups in total. The standard InChI is InChI=1S/C18H22N2O4/c1-18(2,3)24-17(23)20-14-8-5-7-13(10-14)19-11-12-6-4-9-15(21)16(12)22/h4-10,19,21-22H,11H2,1-3H3,(H,20,23). The lowest BCUT2D eigenvalue weighted by Crippen LogP contribution is -2.27. The van der Waals surface area contributed by atoms with E-state index in [0.717, 1.165) is 5.69 Å². The largest absolute Gasteiger partial charge is 0.504 e. The summed E-state index contributed by atoms with van der Waals surface area (Å²) in [6.45, 7) is 5.72. The smallest absolute Gasteiger partial charge is 0.412 e. The molecule has 0 atom stereocenters. The molecule has 2 rings (SSSR count). The van der Waals surface area contributed by atoms with Crippen molar-refractivity contribution in [2.75, 3.05) is 10.6 Å². The molecule has 0 aliphatic rings. The van der Waals surface area contributed by atoms with Crippen LogP contribution in [0.3, 0.4) is 0 Å². The Morgan fingerprint density at radius 3 is 2.46 bits per heavy atom. The third-order valence-electron chi connectivity index (χ3n) is 3.09. The Morgan fingerprint density at radius 1 is 1.08 bits per heavy atom. The van der Waals surface area contributed by atoms with Crippen LogP contribution in [0.15, 0.2) is 42.5 Å². The van der Waals surface area contributed by atoms with Gasteiger partial charge in [0, 0.05) is 23.5 Å². The first-order valence-electron chi connectivity index (χ1n) is 7.58. The van der Waals surface area contributed by atoms with Gasteiger partial charge in [0.1, 0.15) is 5.60 Å². The van der Waals surface area contributed by atoms with E-state index in [1.165, 1.54) is 6.07 Å². The highest BCUT2D eigenvalue weighted by molar-refractivity contribution is 5.85. The molecular weight excluding hydrogens is 308 g/mol. The van der Waals surface area contributed by atoms with Crippen LogP contribution in [0.1, 0.15) is 26.3 Å². The van der Waals surface area contributed by atoms with Gasteiger partial charge in [-0.3, -0.25) is 5.32 Å². The fourth-order valence-corrected chi connectivity index (χ4v) is 2.05. The minimum Gasteiger partial charge on any atom is -0.504 e. The maximum absolute atomic E-state index is 11.8. The topological polar surface area (TPSA) is 90.8 Å². The van der Waals surface area contributed by atoms with E-state index in [2.05, 4.69) is 10.6 Å². The number of carbonyl (C=O) groups is 1. The Kier molecular flexibility index (Phi) is 5.18. The van der Waals surface area contributed by atoms with Gasteiger partial charge in [0.15, 0.2) is 11.5 Å². The van der Waals surface area contributed by atoms with Crippen LogP contribution in [0.2, 0.25) is 0 Å². The van der Waals surface area contributed by atoms with Gasteiger partial charge < -0.3 is 20.3 Å². The predicted molar refractivity (Wildman–Crippen MR) is 93.4 cm³/mol. The fourth-order valence-electron chi connectivity index (χ4n) is 2.05. The normalized spacial score (nSPS) is 11.0. The minimum absolute atomic E-state index is 0.145. The van der Waals surface area contributed by atoms with Gasteiger partial charge in [-0.2, -0.15) is 0 Å². The van der Waals surface area contributed by atoms with Crippen LogP contribution in [0.25, 0.3) is 0 Å². The Balaban J connectivity index is 2.00. The summed E-state index contributed by atoms with van der Waals surface area (Å²) >= 11 is 0. The highest BCUT2D eigenvalue weighted by Crippen LogP contribution is 2.29. The average Bonchev–Trinajstić information content (AvgIpc) is 2.47. The van der Waals surface area contributed by atoms with Crippen molar-refractivity contribution >= 4 is 17.5 Å². The van der Waals surface area contributed by atoms with E-state index in [0.29, 0.717) is 17.8 Å². The van der Waals surface area contributed by atoms with Gasteiger partial charge in [0.2, 0.25) is 0 Å². The summed E-state index contributed by atoms with van der Waals surface area (Å²) < 4.78 is 5.21. The van der Waals surface area contributed by atoms with Gasteiger partial charge >= 0.3 is 6.09 Å². The van der Waals surface area contributed by atoms with Crippen molar-refractivity contribution in [2.24, 2.45) is 0 Å². The van der Waals surface area contributed by atoms with Gasteiger partial charge in [0.25, 0.3) is 0 Å². The third-order valence-corrected chi connectivity index (χ3v) is 3.09. The molecule has 0 saturated heterocycles. The van der Waals surface area contributed by atoms with E-state index in [1.807, 2.05) is 6.07 Å². The molecule has 0 unspecified atom stereocenters. The average molecular weight is 330 g/mol. The Labute approximate surface area is 141 Å². The van der Waals surface area contributed by atoms with Crippen molar-refractivity contribution in [3.63, 3.8) is 0 Å². The molecule has 0 spiro atoms. The number of hydrogen-bond acceptors (Lipinski definition) is 5. The molecule has 0 fully saturated rings. The molecule has 0 heterocycles. The van der Waals surface area contributed by atoms with Gasteiger partial charge in [-0.05, 0) is 45.0 Å². The van der Waals surface area contributed by atoms with Crippen molar-refractivity contribution in [1.29, 1.82) is 0 Å². The van der Waals surface area contributed by atoms with Crippen LogP contribution in [0.5, 0.6) is 11.5 Å². The van der Waals surface area contributed by atoms with Crippen molar-refractivity contribution < 1.29 is 19.7 Å². The van der Waals surface area contributed by atoms with Gasteiger partial charge in [-0.25, -0.2) is 4.79 Å². The summed E-state index contributed by atoms with van der Waals surface area (Å²) in [4.78, 5) is 11.8. The summed E-state index contributed by atoms with van der Waals surface area (Å²) in [5.41, 5.74) is 1.36.